The lowest BCUT2D eigenvalue weighted by atomic mass is 10.0. The molecular formula is C12H17NO3S. The second kappa shape index (κ2) is 5.42. The number of thiophene rings is 1. The Morgan fingerprint density at radius 2 is 2.18 bits per heavy atom. The minimum absolute atomic E-state index is 0.0549. The topological polar surface area (TPSA) is 66.4 Å². The van der Waals surface area contributed by atoms with Crippen LogP contribution in [0.3, 0.4) is 0 Å². The number of ketones is 1. The Morgan fingerprint density at radius 3 is 2.59 bits per heavy atom. The second-order valence-electron chi connectivity index (χ2n) is 4.28. The van der Waals surface area contributed by atoms with Crippen molar-refractivity contribution in [1.29, 1.82) is 0 Å². The van der Waals surface area contributed by atoms with Gasteiger partial charge in [-0.05, 0) is 26.3 Å². The zero-order chi connectivity index (χ0) is 13.1. The van der Waals surface area contributed by atoms with Crippen molar-refractivity contribution in [2.24, 2.45) is 0 Å². The van der Waals surface area contributed by atoms with Gasteiger partial charge in [0.25, 0.3) is 5.91 Å². The molecule has 0 aliphatic carbocycles. The van der Waals surface area contributed by atoms with Crippen molar-refractivity contribution in [1.82, 2.24) is 5.32 Å². The van der Waals surface area contributed by atoms with E-state index in [9.17, 15) is 14.7 Å². The van der Waals surface area contributed by atoms with E-state index in [1.807, 2.05) is 6.92 Å². The summed E-state index contributed by atoms with van der Waals surface area (Å²) in [6.45, 7) is 5.03. The summed E-state index contributed by atoms with van der Waals surface area (Å²) < 4.78 is 0. The number of carbonyl (C=O) groups is 2. The van der Waals surface area contributed by atoms with E-state index < -0.39 is 5.54 Å². The van der Waals surface area contributed by atoms with Gasteiger partial charge < -0.3 is 10.4 Å². The van der Waals surface area contributed by atoms with Crippen molar-refractivity contribution in [3.05, 3.63) is 21.9 Å². The van der Waals surface area contributed by atoms with E-state index in [1.54, 1.807) is 18.4 Å². The molecule has 0 fully saturated rings. The standard InChI is InChI=1S/C12H17NO3S/c1-4-12(3,7-14)13-11(16)10-5-9(6-17-10)8(2)15/h5-6,14H,4,7H2,1-3H3,(H,13,16)/t12-/m0/s1. The van der Waals surface area contributed by atoms with Crippen LogP contribution in [0.4, 0.5) is 0 Å². The molecule has 0 radical (unpaired) electrons. The van der Waals surface area contributed by atoms with Crippen LogP contribution in [0.5, 0.6) is 0 Å². The normalized spacial score (nSPS) is 14.1. The molecule has 0 spiro atoms. The number of hydrogen-bond donors (Lipinski definition) is 2. The summed E-state index contributed by atoms with van der Waals surface area (Å²) in [5.41, 5.74) is -0.0698. The first-order chi connectivity index (χ1) is 7.91. The Morgan fingerprint density at radius 1 is 1.53 bits per heavy atom. The predicted octanol–water partition coefficient (Wildman–Crippen LogP) is 1.84. The average molecular weight is 255 g/mol. The number of aliphatic hydroxyl groups is 1. The monoisotopic (exact) mass is 255 g/mol. The van der Waals surface area contributed by atoms with Crippen molar-refractivity contribution >= 4 is 23.0 Å². The zero-order valence-electron chi connectivity index (χ0n) is 10.2. The molecule has 0 bridgehead atoms. The van der Waals surface area contributed by atoms with Crippen LogP contribution in [0.2, 0.25) is 0 Å². The summed E-state index contributed by atoms with van der Waals surface area (Å²) in [6, 6.07) is 1.58. The molecule has 4 nitrogen and oxygen atoms in total. The summed E-state index contributed by atoms with van der Waals surface area (Å²) >= 11 is 1.23. The highest BCUT2D eigenvalue weighted by Crippen LogP contribution is 2.17. The molecule has 1 amide bonds. The molecule has 0 aliphatic heterocycles. The second-order valence-corrected chi connectivity index (χ2v) is 5.19. The molecule has 0 aliphatic rings. The number of aliphatic hydroxyl groups excluding tert-OH is 1. The summed E-state index contributed by atoms with van der Waals surface area (Å²) in [7, 11) is 0. The summed E-state index contributed by atoms with van der Waals surface area (Å²) in [4.78, 5) is 23.5. The van der Waals surface area contributed by atoms with Gasteiger partial charge in [-0.3, -0.25) is 9.59 Å². The van der Waals surface area contributed by atoms with Gasteiger partial charge in [-0.15, -0.1) is 11.3 Å². The number of amides is 1. The molecule has 17 heavy (non-hydrogen) atoms. The lowest BCUT2D eigenvalue weighted by Gasteiger charge is -2.26. The predicted molar refractivity (Wildman–Crippen MR) is 67.6 cm³/mol. The van der Waals surface area contributed by atoms with Crippen LogP contribution in [0.15, 0.2) is 11.4 Å². The third kappa shape index (κ3) is 3.38. The molecule has 0 aromatic carbocycles. The van der Waals surface area contributed by atoms with Gasteiger partial charge in [0.05, 0.1) is 17.0 Å². The number of hydrogen-bond acceptors (Lipinski definition) is 4. The fraction of sp³-hybridized carbons (Fsp3) is 0.500. The molecular weight excluding hydrogens is 238 g/mol. The van der Waals surface area contributed by atoms with Gasteiger partial charge in [0, 0.05) is 10.9 Å². The Hall–Kier alpha value is -1.20. The summed E-state index contributed by atoms with van der Waals surface area (Å²) in [5.74, 6) is -0.304. The molecule has 1 atom stereocenters. The first-order valence-corrected chi connectivity index (χ1v) is 6.32. The fourth-order valence-corrected chi connectivity index (χ4v) is 2.06. The van der Waals surface area contributed by atoms with Crippen LogP contribution in [-0.2, 0) is 0 Å². The van der Waals surface area contributed by atoms with Crippen molar-refractivity contribution in [3.8, 4) is 0 Å². The van der Waals surface area contributed by atoms with Gasteiger partial charge >= 0.3 is 0 Å². The number of nitrogens with one attached hydrogen (secondary N) is 1. The van der Waals surface area contributed by atoms with Crippen molar-refractivity contribution in [2.45, 2.75) is 32.7 Å². The van der Waals surface area contributed by atoms with E-state index in [0.29, 0.717) is 16.9 Å². The maximum absolute atomic E-state index is 11.9. The average Bonchev–Trinajstić information content (AvgIpc) is 2.78. The molecule has 5 heteroatoms. The molecule has 94 valence electrons. The molecule has 1 aromatic rings. The zero-order valence-corrected chi connectivity index (χ0v) is 11.1. The van der Waals surface area contributed by atoms with Crippen LogP contribution in [0, 0.1) is 0 Å². The van der Waals surface area contributed by atoms with Crippen molar-refractivity contribution in [3.63, 3.8) is 0 Å². The maximum atomic E-state index is 11.9. The quantitative estimate of drug-likeness (QED) is 0.789. The SMILES string of the molecule is CC[C@@](C)(CO)NC(=O)c1cc(C(C)=O)cs1. The highest BCUT2D eigenvalue weighted by atomic mass is 32.1. The lowest BCUT2D eigenvalue weighted by molar-refractivity contribution is 0.0851. The molecule has 0 saturated heterocycles. The van der Waals surface area contributed by atoms with Crippen LogP contribution < -0.4 is 5.32 Å². The highest BCUT2D eigenvalue weighted by molar-refractivity contribution is 7.12. The molecule has 1 heterocycles. The molecule has 0 saturated carbocycles. The van der Waals surface area contributed by atoms with Crippen LogP contribution in [0.25, 0.3) is 0 Å². The van der Waals surface area contributed by atoms with Crippen molar-refractivity contribution in [2.75, 3.05) is 6.61 Å². The van der Waals surface area contributed by atoms with Gasteiger partial charge in [-0.1, -0.05) is 6.92 Å². The third-order valence-corrected chi connectivity index (χ3v) is 3.70. The number of Topliss-reactive ketones (excluding diaryl/α,β-unsaturated/α-hetero) is 1. The summed E-state index contributed by atoms with van der Waals surface area (Å²) in [5, 5.41) is 13.6. The first-order valence-electron chi connectivity index (χ1n) is 5.44. The van der Waals surface area contributed by atoms with E-state index in [-0.39, 0.29) is 18.3 Å². The molecule has 1 rings (SSSR count). The highest BCUT2D eigenvalue weighted by Gasteiger charge is 2.24. The Labute approximate surface area is 105 Å². The summed E-state index contributed by atoms with van der Waals surface area (Å²) in [6.07, 6.45) is 0.639. The van der Waals surface area contributed by atoms with E-state index in [2.05, 4.69) is 5.32 Å². The van der Waals surface area contributed by atoms with E-state index >= 15 is 0 Å². The Kier molecular flexibility index (Phi) is 4.42. The van der Waals surface area contributed by atoms with Gasteiger partial charge in [0.2, 0.25) is 0 Å². The molecule has 0 unspecified atom stereocenters. The van der Waals surface area contributed by atoms with Crippen LogP contribution in [-0.4, -0.2) is 28.9 Å². The molecule has 1 aromatic heterocycles. The van der Waals surface area contributed by atoms with Gasteiger partial charge in [0.1, 0.15) is 0 Å². The maximum Gasteiger partial charge on any atom is 0.261 e. The number of carbonyl (C=O) groups excluding carboxylic acids is 2. The fourth-order valence-electron chi connectivity index (χ4n) is 1.22. The van der Waals surface area contributed by atoms with E-state index in [4.69, 9.17) is 0 Å². The van der Waals surface area contributed by atoms with Gasteiger partial charge in [0.15, 0.2) is 5.78 Å². The number of rotatable bonds is 5. The van der Waals surface area contributed by atoms with E-state index in [0.717, 1.165) is 0 Å². The first kappa shape index (κ1) is 13.9. The van der Waals surface area contributed by atoms with Crippen molar-refractivity contribution < 1.29 is 14.7 Å². The van der Waals surface area contributed by atoms with Gasteiger partial charge in [-0.2, -0.15) is 0 Å². The third-order valence-electron chi connectivity index (χ3n) is 2.77. The lowest BCUT2D eigenvalue weighted by Crippen LogP contribution is -2.48. The van der Waals surface area contributed by atoms with E-state index in [1.165, 1.54) is 18.3 Å². The van der Waals surface area contributed by atoms with Crippen LogP contribution >= 0.6 is 11.3 Å². The molecule has 2 N–H and O–H groups in total. The Bertz CT molecular complexity index is 421. The smallest absolute Gasteiger partial charge is 0.261 e. The minimum Gasteiger partial charge on any atom is -0.394 e. The van der Waals surface area contributed by atoms with Gasteiger partial charge in [-0.25, -0.2) is 0 Å². The van der Waals surface area contributed by atoms with Crippen LogP contribution in [0.1, 0.15) is 47.2 Å². The Balaban J connectivity index is 2.79. The largest absolute Gasteiger partial charge is 0.394 e. The minimum atomic E-state index is -0.614.